The lowest BCUT2D eigenvalue weighted by Gasteiger charge is -2.19. The second kappa shape index (κ2) is 8.92. The van der Waals surface area contributed by atoms with E-state index in [1.807, 2.05) is 31.2 Å². The van der Waals surface area contributed by atoms with Gasteiger partial charge in [-0.3, -0.25) is 14.5 Å². The molecule has 0 aromatic heterocycles. The van der Waals surface area contributed by atoms with Gasteiger partial charge in [0.2, 0.25) is 5.91 Å². The molecule has 1 aromatic rings. The van der Waals surface area contributed by atoms with Gasteiger partial charge in [-0.25, -0.2) is 0 Å². The molecule has 1 rings (SSSR count). The van der Waals surface area contributed by atoms with Crippen molar-refractivity contribution < 1.29 is 14.7 Å². The number of nitrogens with one attached hydrogen (secondary N) is 1. The van der Waals surface area contributed by atoms with Crippen LogP contribution in [0.25, 0.3) is 0 Å². The van der Waals surface area contributed by atoms with Gasteiger partial charge in [0.25, 0.3) is 0 Å². The third kappa shape index (κ3) is 6.23. The first kappa shape index (κ1) is 16.9. The third-order valence-corrected chi connectivity index (χ3v) is 3.07. The van der Waals surface area contributed by atoms with Crippen molar-refractivity contribution in [3.8, 4) is 0 Å². The molecule has 0 saturated heterocycles. The highest BCUT2D eigenvalue weighted by atomic mass is 16.4. The van der Waals surface area contributed by atoms with Crippen LogP contribution >= 0.6 is 0 Å². The van der Waals surface area contributed by atoms with Crippen LogP contribution in [-0.2, 0) is 16.0 Å². The fourth-order valence-corrected chi connectivity index (χ4v) is 2.01. The molecule has 0 aliphatic carbocycles. The van der Waals surface area contributed by atoms with Crippen molar-refractivity contribution in [3.63, 3.8) is 0 Å². The van der Waals surface area contributed by atoms with Crippen LogP contribution in [0.5, 0.6) is 0 Å². The van der Waals surface area contributed by atoms with Gasteiger partial charge in [-0.15, -0.1) is 6.58 Å². The number of hydrogen-bond donors (Lipinski definition) is 2. The minimum absolute atomic E-state index is 0.00661. The summed E-state index contributed by atoms with van der Waals surface area (Å²) in [6.07, 6.45) is 2.51. The summed E-state index contributed by atoms with van der Waals surface area (Å²) in [7, 11) is 0. The van der Waals surface area contributed by atoms with E-state index in [4.69, 9.17) is 5.11 Å². The predicted octanol–water partition coefficient (Wildman–Crippen LogP) is 2.15. The van der Waals surface area contributed by atoms with Gasteiger partial charge in [0.15, 0.2) is 0 Å². The van der Waals surface area contributed by atoms with Crippen LogP contribution in [0.3, 0.4) is 0 Å². The molecule has 0 radical (unpaired) electrons. The van der Waals surface area contributed by atoms with E-state index in [1.165, 1.54) is 0 Å². The van der Waals surface area contributed by atoms with Crippen LogP contribution in [0.1, 0.15) is 18.9 Å². The molecule has 0 fully saturated rings. The molecule has 0 saturated carbocycles. The minimum Gasteiger partial charge on any atom is -0.481 e. The number of anilines is 1. The normalized spacial score (nSPS) is 10.4. The van der Waals surface area contributed by atoms with Gasteiger partial charge in [0, 0.05) is 18.8 Å². The van der Waals surface area contributed by atoms with E-state index < -0.39 is 5.97 Å². The Labute approximate surface area is 125 Å². The lowest BCUT2D eigenvalue weighted by molar-refractivity contribution is -0.137. The van der Waals surface area contributed by atoms with Gasteiger partial charge in [0.1, 0.15) is 0 Å². The highest BCUT2D eigenvalue weighted by molar-refractivity contribution is 5.93. The fourth-order valence-electron chi connectivity index (χ4n) is 2.01. The summed E-state index contributed by atoms with van der Waals surface area (Å²) < 4.78 is 0. The summed E-state index contributed by atoms with van der Waals surface area (Å²) in [5.74, 6) is -1.02. The van der Waals surface area contributed by atoms with Crippen LogP contribution in [0, 0.1) is 0 Å². The molecule has 0 heterocycles. The van der Waals surface area contributed by atoms with E-state index in [0.717, 1.165) is 17.7 Å². The molecule has 0 atom stereocenters. The Morgan fingerprint density at radius 3 is 2.71 bits per heavy atom. The minimum atomic E-state index is -0.874. The average Bonchev–Trinajstić information content (AvgIpc) is 2.45. The Bertz CT molecular complexity index is 500. The molecule has 0 bridgehead atoms. The number of aryl methyl sites for hydroxylation is 1. The first-order valence-corrected chi connectivity index (χ1v) is 6.99. The summed E-state index contributed by atoms with van der Waals surface area (Å²) in [6.45, 7) is 6.61. The molecule has 0 aliphatic heterocycles. The molecule has 5 nitrogen and oxygen atoms in total. The van der Waals surface area contributed by atoms with Crippen LogP contribution in [-0.4, -0.2) is 41.5 Å². The number of hydrogen-bond acceptors (Lipinski definition) is 3. The van der Waals surface area contributed by atoms with Crippen molar-refractivity contribution in [2.45, 2.75) is 19.8 Å². The Balaban J connectivity index is 2.60. The monoisotopic (exact) mass is 290 g/mol. The number of carboxylic acid groups (broad SMARTS) is 1. The van der Waals surface area contributed by atoms with Gasteiger partial charge in [-0.2, -0.15) is 0 Å². The lowest BCUT2D eigenvalue weighted by atomic mass is 10.1. The second-order valence-electron chi connectivity index (χ2n) is 4.73. The largest absolute Gasteiger partial charge is 0.481 e. The van der Waals surface area contributed by atoms with E-state index >= 15 is 0 Å². The number of amides is 1. The number of aliphatic carboxylic acids is 1. The number of carboxylic acids is 1. The Morgan fingerprint density at radius 1 is 1.38 bits per heavy atom. The van der Waals surface area contributed by atoms with E-state index in [1.54, 1.807) is 11.0 Å². The zero-order chi connectivity index (χ0) is 15.7. The van der Waals surface area contributed by atoms with Crippen molar-refractivity contribution >= 4 is 17.6 Å². The van der Waals surface area contributed by atoms with Crippen LogP contribution in [0.2, 0.25) is 0 Å². The summed E-state index contributed by atoms with van der Waals surface area (Å²) in [5.41, 5.74) is 1.88. The van der Waals surface area contributed by atoms with Gasteiger partial charge < -0.3 is 10.4 Å². The lowest BCUT2D eigenvalue weighted by Crippen LogP contribution is -2.35. The highest BCUT2D eigenvalue weighted by Crippen LogP contribution is 2.15. The predicted molar refractivity (Wildman–Crippen MR) is 83.3 cm³/mol. The standard InChI is InChI=1S/C16H22N2O3/c1-3-10-18(11-9-16(20)21)12-15(19)17-14-8-6-5-7-13(14)4-2/h3,5-8H,1,4,9-12H2,2H3,(H,17,19)(H,20,21). The number of benzene rings is 1. The van der Waals surface area contributed by atoms with Crippen LogP contribution in [0.15, 0.2) is 36.9 Å². The molecule has 0 spiro atoms. The zero-order valence-corrected chi connectivity index (χ0v) is 12.3. The van der Waals surface area contributed by atoms with Gasteiger partial charge in [-0.05, 0) is 18.1 Å². The molecular weight excluding hydrogens is 268 g/mol. The van der Waals surface area contributed by atoms with Crippen molar-refractivity contribution in [1.82, 2.24) is 4.90 Å². The molecule has 1 aromatic carbocycles. The molecule has 1 amide bonds. The van der Waals surface area contributed by atoms with Gasteiger partial charge in [0.05, 0.1) is 13.0 Å². The van der Waals surface area contributed by atoms with Gasteiger partial charge >= 0.3 is 5.97 Å². The molecule has 0 unspecified atom stereocenters. The molecule has 5 heteroatoms. The van der Waals surface area contributed by atoms with Crippen molar-refractivity contribution in [1.29, 1.82) is 0 Å². The number of rotatable bonds is 9. The zero-order valence-electron chi connectivity index (χ0n) is 12.3. The number of carbonyl (C=O) groups is 2. The van der Waals surface area contributed by atoms with E-state index in [2.05, 4.69) is 11.9 Å². The molecular formula is C16H22N2O3. The Hall–Kier alpha value is -2.14. The Morgan fingerprint density at radius 2 is 2.10 bits per heavy atom. The molecule has 2 N–H and O–H groups in total. The fraction of sp³-hybridized carbons (Fsp3) is 0.375. The summed E-state index contributed by atoms with van der Waals surface area (Å²) in [5, 5.41) is 11.6. The van der Waals surface area contributed by atoms with Crippen molar-refractivity contribution in [3.05, 3.63) is 42.5 Å². The van der Waals surface area contributed by atoms with Crippen molar-refractivity contribution in [2.24, 2.45) is 0 Å². The number of para-hydroxylation sites is 1. The quantitative estimate of drug-likeness (QED) is 0.684. The van der Waals surface area contributed by atoms with E-state index in [9.17, 15) is 9.59 Å². The molecule has 0 aliphatic rings. The third-order valence-electron chi connectivity index (χ3n) is 3.07. The smallest absolute Gasteiger partial charge is 0.304 e. The van der Waals surface area contributed by atoms with Crippen LogP contribution in [0.4, 0.5) is 5.69 Å². The maximum Gasteiger partial charge on any atom is 0.304 e. The second-order valence-corrected chi connectivity index (χ2v) is 4.73. The summed E-state index contributed by atoms with van der Waals surface area (Å²) in [4.78, 5) is 24.4. The first-order chi connectivity index (χ1) is 10.1. The number of carbonyl (C=O) groups excluding carboxylic acids is 1. The summed E-state index contributed by atoms with van der Waals surface area (Å²) in [6, 6.07) is 7.65. The summed E-state index contributed by atoms with van der Waals surface area (Å²) >= 11 is 0. The SMILES string of the molecule is C=CCN(CCC(=O)O)CC(=O)Nc1ccccc1CC. The molecule has 21 heavy (non-hydrogen) atoms. The Kier molecular flexibility index (Phi) is 7.18. The first-order valence-electron chi connectivity index (χ1n) is 6.99. The maximum absolute atomic E-state index is 12.1. The topological polar surface area (TPSA) is 69.6 Å². The van der Waals surface area contributed by atoms with E-state index in [0.29, 0.717) is 13.1 Å². The van der Waals surface area contributed by atoms with Crippen molar-refractivity contribution in [2.75, 3.05) is 25.0 Å². The van der Waals surface area contributed by atoms with Crippen LogP contribution < -0.4 is 5.32 Å². The number of nitrogens with zero attached hydrogens (tertiary/aromatic N) is 1. The maximum atomic E-state index is 12.1. The van der Waals surface area contributed by atoms with Gasteiger partial charge in [-0.1, -0.05) is 31.2 Å². The highest BCUT2D eigenvalue weighted by Gasteiger charge is 2.12. The molecule has 114 valence electrons. The average molecular weight is 290 g/mol. The van der Waals surface area contributed by atoms with E-state index in [-0.39, 0.29) is 18.9 Å².